The summed E-state index contributed by atoms with van der Waals surface area (Å²) in [5.41, 5.74) is 2.28. The number of imidazole rings is 1. The van der Waals surface area contributed by atoms with Crippen LogP contribution in [-0.4, -0.2) is 32.2 Å². The van der Waals surface area contributed by atoms with Gasteiger partial charge in [-0.05, 0) is 48.5 Å². The highest BCUT2D eigenvalue weighted by Gasteiger charge is 2.17. The molecule has 3 heterocycles. The van der Waals surface area contributed by atoms with Crippen LogP contribution in [0.1, 0.15) is 21.9 Å². The van der Waals surface area contributed by atoms with E-state index in [1.54, 1.807) is 41.2 Å². The van der Waals surface area contributed by atoms with E-state index in [-0.39, 0.29) is 12.1 Å². The number of hydrogen-bond acceptors (Lipinski definition) is 7. The van der Waals surface area contributed by atoms with Crippen LogP contribution in [0.5, 0.6) is 0 Å². The molecule has 0 fully saturated rings. The van der Waals surface area contributed by atoms with Gasteiger partial charge in [-0.1, -0.05) is 23.4 Å². The average Bonchev–Trinajstić information content (AvgIpc) is 3.46. The summed E-state index contributed by atoms with van der Waals surface area (Å²) in [6.45, 7) is 0.230. The molecule has 0 spiro atoms. The van der Waals surface area contributed by atoms with Gasteiger partial charge in [-0.3, -0.25) is 9.36 Å². The van der Waals surface area contributed by atoms with Gasteiger partial charge in [-0.25, -0.2) is 14.8 Å². The largest absolute Gasteiger partial charge is 0.467 e. The molecule has 0 aliphatic rings. The van der Waals surface area contributed by atoms with Gasteiger partial charge in [0.2, 0.25) is 0 Å². The van der Waals surface area contributed by atoms with Gasteiger partial charge in [0, 0.05) is 12.1 Å². The summed E-state index contributed by atoms with van der Waals surface area (Å²) in [4.78, 5) is 34.8. The zero-order valence-electron chi connectivity index (χ0n) is 18.3. The van der Waals surface area contributed by atoms with Gasteiger partial charge in [0.15, 0.2) is 5.16 Å². The zero-order valence-corrected chi connectivity index (χ0v) is 19.9. The monoisotopic (exact) mass is 494 g/mol. The van der Waals surface area contributed by atoms with Gasteiger partial charge >= 0.3 is 5.97 Å². The minimum absolute atomic E-state index is 0.225. The van der Waals surface area contributed by atoms with Crippen LogP contribution in [0.3, 0.4) is 0 Å². The van der Waals surface area contributed by atoms with Crippen LogP contribution in [0.2, 0.25) is 5.02 Å². The molecule has 172 valence electrons. The van der Waals surface area contributed by atoms with Gasteiger partial charge in [0.1, 0.15) is 11.6 Å². The molecule has 2 aromatic carbocycles. The standard InChI is InChI=1S/C24H19ClN4O4S/c1-28-20-8-6-15(25)11-19(20)26-21(28)13-34-24-27-18-10-14(23(31)32-2)5-7-17(18)22(30)29(24)12-16-4-3-9-33-16/h3-11H,12-13H2,1-2H3. The first-order valence-electron chi connectivity index (χ1n) is 10.3. The molecule has 0 N–H and O–H groups in total. The van der Waals surface area contributed by atoms with Crippen molar-refractivity contribution in [3.63, 3.8) is 0 Å². The summed E-state index contributed by atoms with van der Waals surface area (Å²) in [6.07, 6.45) is 1.56. The van der Waals surface area contributed by atoms with Crippen molar-refractivity contribution in [1.82, 2.24) is 19.1 Å². The van der Waals surface area contributed by atoms with Crippen LogP contribution in [0.15, 0.2) is 69.2 Å². The molecule has 0 aliphatic carbocycles. The first-order valence-corrected chi connectivity index (χ1v) is 11.7. The lowest BCUT2D eigenvalue weighted by Crippen LogP contribution is -2.24. The van der Waals surface area contributed by atoms with Gasteiger partial charge in [-0.15, -0.1) is 0 Å². The number of aryl methyl sites for hydroxylation is 1. The topological polar surface area (TPSA) is 92.2 Å². The number of thioether (sulfide) groups is 1. The summed E-state index contributed by atoms with van der Waals surface area (Å²) in [5.74, 6) is 1.42. The number of carbonyl (C=O) groups excluding carboxylic acids is 1. The maximum atomic E-state index is 13.4. The van der Waals surface area contributed by atoms with Gasteiger partial charge in [-0.2, -0.15) is 0 Å². The van der Waals surface area contributed by atoms with Crippen LogP contribution < -0.4 is 5.56 Å². The number of aromatic nitrogens is 4. The Bertz CT molecular complexity index is 1590. The number of esters is 1. The summed E-state index contributed by atoms with van der Waals surface area (Å²) in [7, 11) is 3.25. The highest BCUT2D eigenvalue weighted by molar-refractivity contribution is 7.98. The molecule has 0 atom stereocenters. The SMILES string of the molecule is COC(=O)c1ccc2c(=O)n(Cc3ccco3)c(SCc3nc4cc(Cl)ccc4n3C)nc2c1. The van der Waals surface area contributed by atoms with E-state index in [4.69, 9.17) is 25.7 Å². The number of furan rings is 1. The fraction of sp³-hybridized carbons (Fsp3) is 0.167. The summed E-state index contributed by atoms with van der Waals surface area (Å²) >= 11 is 7.50. The Morgan fingerprint density at radius 3 is 2.76 bits per heavy atom. The van der Waals surface area contributed by atoms with Gasteiger partial charge in [0.05, 0.1) is 53.2 Å². The second kappa shape index (κ2) is 9.00. The molecular formula is C24H19ClN4O4S. The van der Waals surface area contributed by atoms with Crippen molar-refractivity contribution in [3.05, 3.63) is 87.3 Å². The Kier molecular flexibility index (Phi) is 5.89. The Balaban J connectivity index is 1.57. The normalized spacial score (nSPS) is 11.4. The van der Waals surface area contributed by atoms with E-state index < -0.39 is 5.97 Å². The van der Waals surface area contributed by atoms with E-state index in [0.29, 0.717) is 38.2 Å². The van der Waals surface area contributed by atoms with Crippen LogP contribution >= 0.6 is 23.4 Å². The van der Waals surface area contributed by atoms with E-state index >= 15 is 0 Å². The molecule has 0 radical (unpaired) electrons. The maximum absolute atomic E-state index is 13.4. The first-order chi connectivity index (χ1) is 16.4. The molecule has 0 unspecified atom stereocenters. The fourth-order valence-corrected chi connectivity index (χ4v) is 4.88. The lowest BCUT2D eigenvalue weighted by Gasteiger charge is -2.12. The number of methoxy groups -OCH3 is 1. The maximum Gasteiger partial charge on any atom is 0.337 e. The third-order valence-electron chi connectivity index (χ3n) is 5.50. The Morgan fingerprint density at radius 1 is 1.15 bits per heavy atom. The summed E-state index contributed by atoms with van der Waals surface area (Å²) in [5, 5.41) is 1.51. The minimum atomic E-state index is -0.490. The number of carbonyl (C=O) groups is 1. The Labute approximate surface area is 203 Å². The van der Waals surface area contributed by atoms with Crippen LogP contribution in [0.25, 0.3) is 21.9 Å². The molecule has 10 heteroatoms. The molecule has 0 saturated heterocycles. The number of rotatable bonds is 6. The minimum Gasteiger partial charge on any atom is -0.467 e. The second-order valence-corrected chi connectivity index (χ2v) is 8.98. The van der Waals surface area contributed by atoms with E-state index in [1.807, 2.05) is 29.8 Å². The quantitative estimate of drug-likeness (QED) is 0.192. The van der Waals surface area contributed by atoms with E-state index in [2.05, 4.69) is 4.98 Å². The van der Waals surface area contributed by atoms with Crippen molar-refractivity contribution in [2.45, 2.75) is 17.5 Å². The molecule has 8 nitrogen and oxygen atoms in total. The molecule has 5 rings (SSSR count). The van der Waals surface area contributed by atoms with Crippen molar-refractivity contribution in [1.29, 1.82) is 0 Å². The number of hydrogen-bond donors (Lipinski definition) is 0. The molecule has 5 aromatic rings. The number of fused-ring (bicyclic) bond motifs is 2. The zero-order chi connectivity index (χ0) is 23.8. The van der Waals surface area contributed by atoms with E-state index in [9.17, 15) is 9.59 Å². The lowest BCUT2D eigenvalue weighted by atomic mass is 10.1. The molecule has 0 saturated carbocycles. The fourth-order valence-electron chi connectivity index (χ4n) is 3.73. The molecule has 0 amide bonds. The first kappa shape index (κ1) is 22.2. The van der Waals surface area contributed by atoms with Crippen molar-refractivity contribution in [2.75, 3.05) is 7.11 Å². The molecule has 3 aromatic heterocycles. The van der Waals surface area contributed by atoms with Crippen molar-refractivity contribution in [2.24, 2.45) is 7.05 Å². The van der Waals surface area contributed by atoms with E-state index in [0.717, 1.165) is 16.9 Å². The highest BCUT2D eigenvalue weighted by atomic mass is 35.5. The van der Waals surface area contributed by atoms with Crippen molar-refractivity contribution in [3.8, 4) is 0 Å². The van der Waals surface area contributed by atoms with Crippen LogP contribution in [0, 0.1) is 0 Å². The predicted octanol–water partition coefficient (Wildman–Crippen LogP) is 4.66. The van der Waals surface area contributed by atoms with Crippen molar-refractivity contribution >= 4 is 51.3 Å². The smallest absolute Gasteiger partial charge is 0.337 e. The lowest BCUT2D eigenvalue weighted by molar-refractivity contribution is 0.0601. The molecule has 34 heavy (non-hydrogen) atoms. The van der Waals surface area contributed by atoms with Crippen molar-refractivity contribution < 1.29 is 13.9 Å². The number of ether oxygens (including phenoxy) is 1. The Hall–Kier alpha value is -3.56. The third kappa shape index (κ3) is 4.08. The average molecular weight is 495 g/mol. The van der Waals surface area contributed by atoms with Crippen LogP contribution in [0.4, 0.5) is 0 Å². The molecule has 0 aliphatic heterocycles. The number of nitrogens with zero attached hydrogens (tertiary/aromatic N) is 4. The van der Waals surface area contributed by atoms with Gasteiger partial charge in [0.25, 0.3) is 5.56 Å². The van der Waals surface area contributed by atoms with E-state index in [1.165, 1.54) is 18.9 Å². The summed E-state index contributed by atoms with van der Waals surface area (Å²) < 4.78 is 13.8. The van der Waals surface area contributed by atoms with Crippen LogP contribution in [-0.2, 0) is 24.1 Å². The molecule has 0 bridgehead atoms. The van der Waals surface area contributed by atoms with Gasteiger partial charge < -0.3 is 13.7 Å². The summed E-state index contributed by atoms with van der Waals surface area (Å²) in [6, 6.07) is 13.9. The second-order valence-electron chi connectivity index (χ2n) is 7.60. The predicted molar refractivity (Wildman–Crippen MR) is 130 cm³/mol. The number of benzene rings is 2. The molecular weight excluding hydrogens is 476 g/mol. The highest BCUT2D eigenvalue weighted by Crippen LogP contribution is 2.26. The number of halogens is 1. The third-order valence-corrected chi connectivity index (χ3v) is 6.71. The Morgan fingerprint density at radius 2 is 2.00 bits per heavy atom.